The van der Waals surface area contributed by atoms with Crippen LogP contribution in [-0.4, -0.2) is 32.8 Å². The molecule has 0 spiro atoms. The van der Waals surface area contributed by atoms with Gasteiger partial charge in [0.05, 0.1) is 67.9 Å². The minimum absolute atomic E-state index is 0.0748. The molecule has 7 aromatic rings. The molecule has 0 atom stereocenters. The Morgan fingerprint density at radius 3 is 0.767 bits per heavy atom. The highest BCUT2D eigenvalue weighted by Gasteiger charge is 2.38. The molecule has 2 N–H and O–H groups in total. The zero-order chi connectivity index (χ0) is 61.0. The van der Waals surface area contributed by atoms with Crippen molar-refractivity contribution in [3.8, 4) is 0 Å². The third-order valence-electron chi connectivity index (χ3n) is 14.3. The van der Waals surface area contributed by atoms with Gasteiger partial charge in [-0.1, -0.05) is 18.2 Å². The molecule has 13 rings (SSSR count). The lowest BCUT2D eigenvalue weighted by atomic mass is 9.92. The molecule has 0 radical (unpaired) electrons. The van der Waals surface area contributed by atoms with Gasteiger partial charge >= 0.3 is 0 Å². The van der Waals surface area contributed by atoms with E-state index in [4.69, 9.17) is 0 Å². The average Bonchev–Trinajstić information content (AvgIpc) is 1.64. The van der Waals surface area contributed by atoms with Crippen molar-refractivity contribution in [3.05, 3.63) is 292 Å². The Balaban J connectivity index is 1.23. The summed E-state index contributed by atoms with van der Waals surface area (Å²) in [5.74, 6) is -50.2. The van der Waals surface area contributed by atoms with Crippen LogP contribution in [0.25, 0.3) is 33.4 Å². The maximum Gasteiger partial charge on any atom is 0.200 e. The van der Waals surface area contributed by atoms with Gasteiger partial charge < -0.3 is 9.97 Å². The van der Waals surface area contributed by atoms with Gasteiger partial charge in [-0.05, 0) is 90.1 Å². The fraction of sp³-hybridized carbons (Fsp3) is 0. The molecule has 6 aliphatic heterocycles. The van der Waals surface area contributed by atoms with E-state index in [-0.39, 0.29) is 45.1 Å². The van der Waals surface area contributed by atoms with Crippen molar-refractivity contribution >= 4 is 56.3 Å². The largest absolute Gasteiger partial charge is 0.354 e. The first-order chi connectivity index (χ1) is 41.0. The molecule has 0 unspecified atom stereocenters. The molecule has 0 amide bonds. The normalized spacial score (nSPS) is 16.0. The molecule has 8 heterocycles. The second kappa shape index (κ2) is 19.6. The number of aliphatic imine (C=N–C) groups is 4. The van der Waals surface area contributed by atoms with Crippen LogP contribution in [0.15, 0.2) is 140 Å². The summed E-state index contributed by atoms with van der Waals surface area (Å²) in [5.41, 5.74) is -17.1. The van der Waals surface area contributed by atoms with Gasteiger partial charge in [-0.2, -0.15) is 0 Å². The summed E-state index contributed by atoms with van der Waals surface area (Å²) in [6, 6.07) is 8.60. The summed E-state index contributed by atoms with van der Waals surface area (Å²) in [7, 11) is 0. The van der Waals surface area contributed by atoms with Crippen LogP contribution >= 0.6 is 0 Å². The van der Waals surface area contributed by atoms with Crippen LogP contribution in [0, 0.1) is 116 Å². The zero-order valence-electron chi connectivity index (χ0n) is 41.6. The third kappa shape index (κ3) is 7.90. The van der Waals surface area contributed by atoms with Gasteiger partial charge in [0.25, 0.3) is 0 Å². The second-order valence-corrected chi connectivity index (χ2v) is 19.0. The molecule has 6 nitrogen and oxygen atoms in total. The van der Waals surface area contributed by atoms with Crippen LogP contribution in [0.3, 0.4) is 0 Å². The fourth-order valence-corrected chi connectivity index (χ4v) is 10.5. The van der Waals surface area contributed by atoms with E-state index in [9.17, 15) is 17.6 Å². The smallest absolute Gasteiger partial charge is 0.200 e. The predicted molar refractivity (Wildman–Crippen MR) is 269 cm³/mol. The first kappa shape index (κ1) is 54.8. The quantitative estimate of drug-likeness (QED) is 0.100. The molecule has 0 fully saturated rings. The van der Waals surface area contributed by atoms with E-state index < -0.39 is 206 Å². The number of hydrogen-bond acceptors (Lipinski definition) is 4. The highest BCUT2D eigenvalue weighted by Crippen LogP contribution is 2.44. The summed E-state index contributed by atoms with van der Waals surface area (Å²) in [5, 5.41) is -1.46. The van der Waals surface area contributed by atoms with Crippen LogP contribution in [0.5, 0.6) is 0 Å². The van der Waals surface area contributed by atoms with Crippen molar-refractivity contribution in [2.45, 2.75) is 0 Å². The molecular weight excluding hydrogens is 1180 g/mol. The Morgan fingerprint density at radius 1 is 0.233 bits per heavy atom. The number of rotatable bonds is 4. The van der Waals surface area contributed by atoms with E-state index in [0.717, 1.165) is 72.9 Å². The van der Waals surface area contributed by atoms with Gasteiger partial charge in [-0.3, -0.25) is 0 Å². The van der Waals surface area contributed by atoms with E-state index >= 15 is 70.2 Å². The summed E-state index contributed by atoms with van der Waals surface area (Å²) < 4.78 is 311. The Kier molecular flexibility index (Phi) is 12.5. The summed E-state index contributed by atoms with van der Waals surface area (Å²) in [6.45, 7) is 0. The lowest BCUT2D eigenvalue weighted by molar-refractivity contribution is 0.376. The fourth-order valence-electron chi connectivity index (χ4n) is 10.5. The van der Waals surface area contributed by atoms with E-state index in [1.165, 1.54) is 24.3 Å². The Labute approximate surface area is 464 Å². The van der Waals surface area contributed by atoms with E-state index in [0.29, 0.717) is 0 Å². The van der Waals surface area contributed by atoms with Crippen LogP contribution in [-0.2, 0) is 0 Å². The molecule has 16 bridgehead atoms. The molecule has 6 aliphatic rings. The lowest BCUT2D eigenvalue weighted by Crippen LogP contribution is -2.24. The van der Waals surface area contributed by atoms with Crippen LogP contribution in [0.2, 0.25) is 0 Å². The topological polar surface area (TPSA) is 81.0 Å². The number of benzene rings is 5. The van der Waals surface area contributed by atoms with E-state index in [2.05, 4.69) is 29.9 Å². The van der Waals surface area contributed by atoms with Crippen molar-refractivity contribution in [3.63, 3.8) is 0 Å². The van der Waals surface area contributed by atoms with Crippen molar-refractivity contribution in [2.24, 2.45) is 20.0 Å². The van der Waals surface area contributed by atoms with Crippen molar-refractivity contribution in [1.82, 2.24) is 9.97 Å². The Hall–Kier alpha value is -10.4. The lowest BCUT2D eigenvalue weighted by Gasteiger charge is -2.16. The van der Waals surface area contributed by atoms with Gasteiger partial charge in [0.1, 0.15) is 0 Å². The van der Waals surface area contributed by atoms with Gasteiger partial charge in [-0.25, -0.2) is 108 Å². The number of fused-ring (bicyclic) bond motifs is 10. The molecule has 5 aromatic carbocycles. The monoisotopic (exact) mass is 1200 g/mol. The number of halogens is 20. The van der Waals surface area contributed by atoms with Gasteiger partial charge in [0.2, 0.25) is 23.3 Å². The molecule has 86 heavy (non-hydrogen) atoms. The molecule has 26 heteroatoms. The average molecular weight is 1200 g/mol. The Morgan fingerprint density at radius 2 is 0.477 bits per heavy atom. The molecule has 0 aliphatic carbocycles. The van der Waals surface area contributed by atoms with Crippen LogP contribution in [0.4, 0.5) is 87.8 Å². The Bertz CT molecular complexity index is 4560. The van der Waals surface area contributed by atoms with Gasteiger partial charge in [0, 0.05) is 55.5 Å². The number of allylic oxidation sites excluding steroid dienone is 10. The molecule has 0 saturated carbocycles. The van der Waals surface area contributed by atoms with Crippen molar-refractivity contribution in [1.29, 1.82) is 0 Å². The predicted octanol–water partition coefficient (Wildman–Crippen LogP) is 13.9. The maximum absolute atomic E-state index is 16.2. The molecular formula is C60H18F20N6. The number of nitrogens with one attached hydrogen (secondary N) is 2. The van der Waals surface area contributed by atoms with Crippen LogP contribution in [0.1, 0.15) is 44.8 Å². The van der Waals surface area contributed by atoms with Crippen molar-refractivity contribution < 1.29 is 87.8 Å². The summed E-state index contributed by atoms with van der Waals surface area (Å²) >= 11 is 0. The van der Waals surface area contributed by atoms with Crippen LogP contribution < -0.4 is 10.7 Å². The highest BCUT2D eigenvalue weighted by atomic mass is 19.2. The minimum Gasteiger partial charge on any atom is -0.354 e. The third-order valence-corrected chi connectivity index (χ3v) is 14.3. The molecule has 2 aromatic heterocycles. The zero-order valence-corrected chi connectivity index (χ0v) is 41.6. The highest BCUT2D eigenvalue weighted by molar-refractivity contribution is 6.37. The summed E-state index contributed by atoms with van der Waals surface area (Å²) in [4.78, 5) is 23.1. The molecule has 428 valence electrons. The summed E-state index contributed by atoms with van der Waals surface area (Å²) in [6.07, 6.45) is 8.19. The number of H-pyrrole nitrogens is 2. The first-order valence-electron chi connectivity index (χ1n) is 24.4. The molecule has 0 saturated heterocycles. The SMILES string of the molecule is Fc1c(F)c(F)c(C2=C3C=CC(=N3)C3=C4C=CC(=N4)C(c4c(F)c(F)c(F)c(F)c4F)=c4ccc([nH]4)=C(c4c(F)c(F)c(F)c(F)c4F)C4=NC(=C(C5=NC(=C(c6c(F)c(F)c(F)c(F)c6F)c6ccc2[nH]6)C=C5)c2cccc3c2)C=C4)c(F)c1F. The van der Waals surface area contributed by atoms with Gasteiger partial charge in [-0.15, -0.1) is 0 Å². The second-order valence-electron chi connectivity index (χ2n) is 19.0. The number of hydrogen-bond donors (Lipinski definition) is 2. The maximum atomic E-state index is 16.2. The first-order valence-corrected chi connectivity index (χ1v) is 24.4. The van der Waals surface area contributed by atoms with E-state index in [1.54, 1.807) is 0 Å². The number of aromatic nitrogens is 2. The van der Waals surface area contributed by atoms with E-state index in [1.807, 2.05) is 0 Å². The standard InChI is InChI=1S/C60H18F20N6/c61-41-37(42(62)50(70)57(77)49(41)69)33-23-8-4-19(81-23)31-17-2-1-3-18(16-17)32(21-6-10-25(83-21)35(29-14-12-27(33)85-29)39-45(65)53(73)59(79)54(74)46(39)66)22-7-11-26(84-22)36(40-47(67)55(75)60(80)56(76)48(40)68)30-15-13-28(86-30)34(24-9-5-20(31)82-24)38-43(63)51(71)58(78)52(72)44(38)64/h1-16,85-86H. The number of nitrogens with zero attached hydrogens (tertiary/aromatic N) is 4. The van der Waals surface area contributed by atoms with Gasteiger partial charge in [0.15, 0.2) is 93.1 Å². The minimum atomic E-state index is -2.62. The van der Waals surface area contributed by atoms with Crippen molar-refractivity contribution in [2.75, 3.05) is 0 Å². The number of aromatic amines is 2.